The van der Waals surface area contributed by atoms with E-state index in [-0.39, 0.29) is 0 Å². The molecule has 0 amide bonds. The van der Waals surface area contributed by atoms with Gasteiger partial charge in [0.05, 0.1) is 10.6 Å². The smallest absolute Gasteiger partial charge is 0.101 e. The van der Waals surface area contributed by atoms with Crippen LogP contribution >= 0.6 is 11.6 Å². The summed E-state index contributed by atoms with van der Waals surface area (Å²) in [6, 6.07) is 8.27. The quantitative estimate of drug-likeness (QED) is 0.842. The summed E-state index contributed by atoms with van der Waals surface area (Å²) in [4.78, 5) is 0. The highest BCUT2D eigenvalue weighted by molar-refractivity contribution is 6.31. The van der Waals surface area contributed by atoms with Crippen LogP contribution < -0.4 is 5.32 Å². The minimum atomic E-state index is 0.492. The monoisotopic (exact) mass is 290 g/mol. The number of nitrogens with zero attached hydrogens (tertiary/aromatic N) is 1. The van der Waals surface area contributed by atoms with Crippen molar-refractivity contribution in [3.8, 4) is 6.07 Å². The van der Waals surface area contributed by atoms with E-state index in [1.165, 1.54) is 19.3 Å². The minimum Gasteiger partial charge on any atom is -0.382 e. The van der Waals surface area contributed by atoms with E-state index in [0.717, 1.165) is 11.6 Å². The van der Waals surface area contributed by atoms with Crippen molar-refractivity contribution in [1.82, 2.24) is 0 Å². The molecule has 2 rings (SSSR count). The first-order valence-corrected chi connectivity index (χ1v) is 7.85. The van der Waals surface area contributed by atoms with Crippen molar-refractivity contribution in [1.29, 1.82) is 5.26 Å². The molecule has 0 saturated heterocycles. The molecule has 1 aliphatic carbocycles. The maximum atomic E-state index is 9.07. The fraction of sp³-hybridized carbons (Fsp3) is 0.588. The van der Waals surface area contributed by atoms with Crippen LogP contribution in [-0.4, -0.2) is 6.04 Å². The van der Waals surface area contributed by atoms with Gasteiger partial charge in [0, 0.05) is 11.7 Å². The summed E-state index contributed by atoms with van der Waals surface area (Å²) in [5.41, 5.74) is 1.55. The zero-order chi connectivity index (χ0) is 14.7. The van der Waals surface area contributed by atoms with Crippen LogP contribution in [-0.2, 0) is 0 Å². The van der Waals surface area contributed by atoms with E-state index in [0.29, 0.717) is 28.5 Å². The van der Waals surface area contributed by atoms with Gasteiger partial charge in [-0.1, -0.05) is 38.8 Å². The molecule has 1 saturated carbocycles. The molecule has 0 aromatic heterocycles. The molecule has 3 unspecified atom stereocenters. The van der Waals surface area contributed by atoms with E-state index in [1.807, 2.05) is 12.1 Å². The molecule has 1 aromatic carbocycles. The van der Waals surface area contributed by atoms with Gasteiger partial charge in [0.15, 0.2) is 0 Å². The van der Waals surface area contributed by atoms with Gasteiger partial charge in [0.25, 0.3) is 0 Å². The Hall–Kier alpha value is -1.20. The first-order chi connectivity index (χ1) is 9.51. The Bertz CT molecular complexity index is 504. The Kier molecular flexibility index (Phi) is 4.94. The average Bonchev–Trinajstić information content (AvgIpc) is 2.40. The minimum absolute atomic E-state index is 0.492. The molecule has 20 heavy (non-hydrogen) atoms. The lowest BCUT2D eigenvalue weighted by atomic mass is 9.74. The number of rotatable bonds is 3. The van der Waals surface area contributed by atoms with Crippen molar-refractivity contribution in [2.45, 2.75) is 46.1 Å². The molecule has 3 heteroatoms. The van der Waals surface area contributed by atoms with Crippen LogP contribution in [0.1, 0.15) is 45.6 Å². The van der Waals surface area contributed by atoms with Crippen LogP contribution in [0.5, 0.6) is 0 Å². The van der Waals surface area contributed by atoms with Gasteiger partial charge in [-0.25, -0.2) is 0 Å². The summed E-state index contributed by atoms with van der Waals surface area (Å²) in [5.74, 6) is 2.15. The second-order valence-corrected chi connectivity index (χ2v) is 6.79. The van der Waals surface area contributed by atoms with Gasteiger partial charge in [-0.2, -0.15) is 5.26 Å². The Morgan fingerprint density at radius 1 is 1.35 bits per heavy atom. The number of hydrogen-bond donors (Lipinski definition) is 1. The zero-order valence-electron chi connectivity index (χ0n) is 12.5. The van der Waals surface area contributed by atoms with Gasteiger partial charge >= 0.3 is 0 Å². The van der Waals surface area contributed by atoms with Crippen LogP contribution in [0.2, 0.25) is 5.02 Å². The molecule has 1 N–H and O–H groups in total. The number of halogens is 1. The molecule has 0 heterocycles. The lowest BCUT2D eigenvalue weighted by molar-refractivity contribution is 0.212. The van der Waals surface area contributed by atoms with Crippen molar-refractivity contribution in [2.75, 3.05) is 5.32 Å². The maximum absolute atomic E-state index is 9.07. The van der Waals surface area contributed by atoms with Gasteiger partial charge in [-0.05, 0) is 48.8 Å². The topological polar surface area (TPSA) is 35.8 Å². The molecule has 0 bridgehead atoms. The van der Waals surface area contributed by atoms with Crippen LogP contribution in [0, 0.1) is 29.1 Å². The standard InChI is InChI=1S/C17H23ClN2/c1-11(2)15-6-4-12(3)8-17(15)20-14-5-7-16(18)13(9-14)10-19/h5,7,9,11-12,15,17,20H,4,6,8H2,1-3H3. The predicted octanol–water partition coefficient (Wildman–Crippen LogP) is 5.08. The van der Waals surface area contributed by atoms with E-state index < -0.39 is 0 Å². The van der Waals surface area contributed by atoms with Crippen molar-refractivity contribution in [2.24, 2.45) is 17.8 Å². The second kappa shape index (κ2) is 6.50. The van der Waals surface area contributed by atoms with Crippen LogP contribution in [0.15, 0.2) is 18.2 Å². The van der Waals surface area contributed by atoms with E-state index in [9.17, 15) is 0 Å². The largest absolute Gasteiger partial charge is 0.382 e. The number of benzene rings is 1. The van der Waals surface area contributed by atoms with Crippen LogP contribution in [0.4, 0.5) is 5.69 Å². The summed E-state index contributed by atoms with van der Waals surface area (Å²) in [7, 11) is 0. The highest BCUT2D eigenvalue weighted by atomic mass is 35.5. The molecule has 1 fully saturated rings. The third kappa shape index (κ3) is 3.46. The predicted molar refractivity (Wildman–Crippen MR) is 84.9 cm³/mol. The molecular weight excluding hydrogens is 268 g/mol. The lowest BCUT2D eigenvalue weighted by Gasteiger charge is -2.38. The van der Waals surface area contributed by atoms with Crippen molar-refractivity contribution in [3.63, 3.8) is 0 Å². The van der Waals surface area contributed by atoms with Crippen molar-refractivity contribution >= 4 is 17.3 Å². The Labute approximate surface area is 127 Å². The Balaban J connectivity index is 2.16. The SMILES string of the molecule is CC1CCC(C(C)C)C(Nc2ccc(Cl)c(C#N)c2)C1. The molecular formula is C17H23ClN2. The Morgan fingerprint density at radius 3 is 2.75 bits per heavy atom. The van der Waals surface area contributed by atoms with Crippen molar-refractivity contribution in [3.05, 3.63) is 28.8 Å². The van der Waals surface area contributed by atoms with Crippen molar-refractivity contribution < 1.29 is 0 Å². The first kappa shape index (κ1) is 15.2. The summed E-state index contributed by atoms with van der Waals surface area (Å²) in [5, 5.41) is 13.2. The van der Waals surface area contributed by atoms with E-state index in [4.69, 9.17) is 16.9 Å². The number of hydrogen-bond acceptors (Lipinski definition) is 2. The third-order valence-electron chi connectivity index (χ3n) is 4.46. The van der Waals surface area contributed by atoms with E-state index in [1.54, 1.807) is 6.07 Å². The normalized spacial score (nSPS) is 26.3. The molecule has 2 nitrogen and oxygen atoms in total. The summed E-state index contributed by atoms with van der Waals surface area (Å²) >= 11 is 5.99. The highest BCUT2D eigenvalue weighted by Gasteiger charge is 2.30. The summed E-state index contributed by atoms with van der Waals surface area (Å²) in [6.07, 6.45) is 3.81. The first-order valence-electron chi connectivity index (χ1n) is 7.47. The zero-order valence-corrected chi connectivity index (χ0v) is 13.2. The van der Waals surface area contributed by atoms with Gasteiger partial charge in [0.1, 0.15) is 6.07 Å². The van der Waals surface area contributed by atoms with E-state index >= 15 is 0 Å². The third-order valence-corrected chi connectivity index (χ3v) is 4.79. The van der Waals surface area contributed by atoms with Gasteiger partial charge in [-0.15, -0.1) is 0 Å². The lowest BCUT2D eigenvalue weighted by Crippen LogP contribution is -2.37. The number of nitrogens with one attached hydrogen (secondary N) is 1. The van der Waals surface area contributed by atoms with Crippen LogP contribution in [0.3, 0.4) is 0 Å². The molecule has 3 atom stereocenters. The number of nitriles is 1. The molecule has 1 aromatic rings. The number of anilines is 1. The fourth-order valence-corrected chi connectivity index (χ4v) is 3.44. The Morgan fingerprint density at radius 2 is 2.10 bits per heavy atom. The van der Waals surface area contributed by atoms with E-state index in [2.05, 4.69) is 32.2 Å². The van der Waals surface area contributed by atoms with Gasteiger partial charge in [0.2, 0.25) is 0 Å². The molecule has 1 aliphatic rings. The molecule has 108 valence electrons. The second-order valence-electron chi connectivity index (χ2n) is 6.38. The fourth-order valence-electron chi connectivity index (χ4n) is 3.28. The van der Waals surface area contributed by atoms with Crippen LogP contribution in [0.25, 0.3) is 0 Å². The summed E-state index contributed by atoms with van der Waals surface area (Å²) in [6.45, 7) is 6.93. The highest BCUT2D eigenvalue weighted by Crippen LogP contribution is 2.35. The molecule has 0 aliphatic heterocycles. The molecule has 0 spiro atoms. The van der Waals surface area contributed by atoms with Gasteiger partial charge < -0.3 is 5.32 Å². The average molecular weight is 291 g/mol. The maximum Gasteiger partial charge on any atom is 0.101 e. The van der Waals surface area contributed by atoms with Gasteiger partial charge in [-0.3, -0.25) is 0 Å². The molecule has 0 radical (unpaired) electrons. The summed E-state index contributed by atoms with van der Waals surface area (Å²) < 4.78 is 0.